The third-order valence-electron chi connectivity index (χ3n) is 3.62. The van der Waals surface area contributed by atoms with Crippen LogP contribution >= 0.6 is 11.6 Å². The number of benzene rings is 2. The van der Waals surface area contributed by atoms with E-state index in [1.807, 2.05) is 0 Å². The first-order chi connectivity index (χ1) is 11.6. The zero-order chi connectivity index (χ0) is 17.1. The van der Waals surface area contributed by atoms with Crippen molar-refractivity contribution in [3.63, 3.8) is 0 Å². The maximum Gasteiger partial charge on any atom is 0.319 e. The Morgan fingerprint density at radius 3 is 2.17 bits per heavy atom. The number of fused-ring (bicyclic) bond motifs is 1. The van der Waals surface area contributed by atoms with Crippen molar-refractivity contribution in [3.8, 4) is 0 Å². The molecular weight excluding hydrogens is 330 g/mol. The molecule has 0 spiro atoms. The lowest BCUT2D eigenvalue weighted by Gasteiger charge is -2.14. The Morgan fingerprint density at radius 2 is 1.54 bits per heavy atom. The minimum absolute atomic E-state index is 0.0995. The van der Waals surface area contributed by atoms with Crippen molar-refractivity contribution in [1.29, 1.82) is 0 Å². The lowest BCUT2D eigenvalue weighted by molar-refractivity contribution is 0.0656. The Bertz CT molecular complexity index is 787. The molecular formula is C17H14ClN3O3. The molecule has 1 aliphatic rings. The van der Waals surface area contributed by atoms with Crippen LogP contribution in [-0.4, -0.2) is 35.8 Å². The standard InChI is InChI=1S/C17H14ClN3O3/c18-13-7-3-4-8-14(13)20-17(24)19-9-10-21-15(22)11-5-1-2-6-12(11)16(21)23/h1-8H,9-10H2,(H2,19,20,24). The van der Waals surface area contributed by atoms with E-state index in [4.69, 9.17) is 11.6 Å². The summed E-state index contributed by atoms with van der Waals surface area (Å²) in [5.41, 5.74) is 1.27. The lowest BCUT2D eigenvalue weighted by Crippen LogP contribution is -2.39. The summed E-state index contributed by atoms with van der Waals surface area (Å²) in [6.07, 6.45) is 0. The van der Waals surface area contributed by atoms with E-state index < -0.39 is 6.03 Å². The summed E-state index contributed by atoms with van der Waals surface area (Å²) in [6, 6.07) is 13.0. The van der Waals surface area contributed by atoms with E-state index in [9.17, 15) is 14.4 Å². The highest BCUT2D eigenvalue weighted by molar-refractivity contribution is 6.33. The second-order valence-corrected chi connectivity index (χ2v) is 5.58. The first-order valence-corrected chi connectivity index (χ1v) is 7.70. The van der Waals surface area contributed by atoms with Crippen molar-refractivity contribution < 1.29 is 14.4 Å². The SMILES string of the molecule is O=C(NCCN1C(=O)c2ccccc2C1=O)Nc1ccccc1Cl. The molecule has 2 aromatic rings. The Balaban J connectivity index is 1.54. The molecule has 1 aliphatic heterocycles. The van der Waals surface area contributed by atoms with Gasteiger partial charge in [-0.15, -0.1) is 0 Å². The van der Waals surface area contributed by atoms with Crippen LogP contribution in [0.25, 0.3) is 0 Å². The third-order valence-corrected chi connectivity index (χ3v) is 3.95. The summed E-state index contributed by atoms with van der Waals surface area (Å²) in [5.74, 6) is -0.687. The molecule has 0 fully saturated rings. The average molecular weight is 344 g/mol. The zero-order valence-corrected chi connectivity index (χ0v) is 13.3. The van der Waals surface area contributed by atoms with E-state index in [2.05, 4.69) is 10.6 Å². The van der Waals surface area contributed by atoms with Crippen LogP contribution in [0.2, 0.25) is 5.02 Å². The normalized spacial score (nSPS) is 13.0. The van der Waals surface area contributed by atoms with Gasteiger partial charge in [-0.25, -0.2) is 4.79 Å². The second-order valence-electron chi connectivity index (χ2n) is 5.17. The monoisotopic (exact) mass is 343 g/mol. The highest BCUT2D eigenvalue weighted by Gasteiger charge is 2.34. The molecule has 1 heterocycles. The predicted octanol–water partition coefficient (Wildman–Crippen LogP) is 2.76. The van der Waals surface area contributed by atoms with Gasteiger partial charge in [0.2, 0.25) is 0 Å². The number of para-hydroxylation sites is 1. The summed E-state index contributed by atoms with van der Waals surface area (Å²) in [6.45, 7) is 0.240. The van der Waals surface area contributed by atoms with Gasteiger partial charge in [-0.3, -0.25) is 14.5 Å². The highest BCUT2D eigenvalue weighted by Crippen LogP contribution is 2.22. The van der Waals surface area contributed by atoms with Gasteiger partial charge in [-0.1, -0.05) is 35.9 Å². The van der Waals surface area contributed by atoms with Gasteiger partial charge in [0.25, 0.3) is 11.8 Å². The molecule has 0 radical (unpaired) electrons. The molecule has 0 bridgehead atoms. The van der Waals surface area contributed by atoms with Crippen molar-refractivity contribution in [3.05, 3.63) is 64.7 Å². The fourth-order valence-electron chi connectivity index (χ4n) is 2.45. The smallest absolute Gasteiger partial charge is 0.319 e. The van der Waals surface area contributed by atoms with Crippen LogP contribution < -0.4 is 10.6 Å². The summed E-state index contributed by atoms with van der Waals surface area (Å²) in [5, 5.41) is 5.63. The number of nitrogens with one attached hydrogen (secondary N) is 2. The van der Waals surface area contributed by atoms with E-state index in [1.54, 1.807) is 48.5 Å². The summed E-state index contributed by atoms with van der Waals surface area (Å²) in [4.78, 5) is 37.3. The van der Waals surface area contributed by atoms with Crippen LogP contribution in [0.5, 0.6) is 0 Å². The van der Waals surface area contributed by atoms with Gasteiger partial charge in [0.1, 0.15) is 0 Å². The Morgan fingerprint density at radius 1 is 0.958 bits per heavy atom. The van der Waals surface area contributed by atoms with Gasteiger partial charge < -0.3 is 10.6 Å². The van der Waals surface area contributed by atoms with Gasteiger partial charge in [-0.2, -0.15) is 0 Å². The molecule has 0 saturated carbocycles. The second kappa shape index (κ2) is 6.72. The number of halogens is 1. The number of anilines is 1. The largest absolute Gasteiger partial charge is 0.336 e. The molecule has 2 aromatic carbocycles. The number of carbonyl (C=O) groups is 3. The van der Waals surface area contributed by atoms with Crippen LogP contribution in [-0.2, 0) is 0 Å². The number of nitrogens with zero attached hydrogens (tertiary/aromatic N) is 1. The highest BCUT2D eigenvalue weighted by atomic mass is 35.5. The van der Waals surface area contributed by atoms with E-state index in [0.29, 0.717) is 21.8 Å². The Kier molecular flexibility index (Phi) is 4.48. The average Bonchev–Trinajstić information content (AvgIpc) is 2.82. The molecule has 0 aliphatic carbocycles. The summed E-state index contributed by atoms with van der Waals surface area (Å²) in [7, 11) is 0. The van der Waals surface area contributed by atoms with E-state index in [-0.39, 0.29) is 24.9 Å². The molecule has 6 nitrogen and oxygen atoms in total. The molecule has 122 valence electrons. The predicted molar refractivity (Wildman–Crippen MR) is 90.3 cm³/mol. The van der Waals surface area contributed by atoms with Crippen molar-refractivity contribution >= 4 is 35.1 Å². The molecule has 0 aromatic heterocycles. The molecule has 2 N–H and O–H groups in total. The third kappa shape index (κ3) is 3.09. The van der Waals surface area contributed by atoms with Crippen LogP contribution in [0.4, 0.5) is 10.5 Å². The number of hydrogen-bond acceptors (Lipinski definition) is 3. The first kappa shape index (κ1) is 16.0. The van der Waals surface area contributed by atoms with Crippen molar-refractivity contribution in [2.75, 3.05) is 18.4 Å². The van der Waals surface area contributed by atoms with Crippen LogP contribution in [0.15, 0.2) is 48.5 Å². The number of hydrogen-bond donors (Lipinski definition) is 2. The topological polar surface area (TPSA) is 78.5 Å². The number of amides is 4. The van der Waals surface area contributed by atoms with Crippen molar-refractivity contribution in [2.24, 2.45) is 0 Å². The first-order valence-electron chi connectivity index (χ1n) is 7.32. The van der Waals surface area contributed by atoms with Gasteiger partial charge in [-0.05, 0) is 24.3 Å². The maximum atomic E-state index is 12.2. The van der Waals surface area contributed by atoms with E-state index in [1.165, 1.54) is 0 Å². The molecule has 0 saturated heterocycles. The minimum atomic E-state index is -0.459. The number of imide groups is 1. The van der Waals surface area contributed by atoms with Gasteiger partial charge in [0.05, 0.1) is 21.8 Å². The van der Waals surface area contributed by atoms with Crippen molar-refractivity contribution in [1.82, 2.24) is 10.2 Å². The molecule has 0 atom stereocenters. The van der Waals surface area contributed by atoms with Gasteiger partial charge >= 0.3 is 6.03 Å². The fourth-order valence-corrected chi connectivity index (χ4v) is 2.64. The Labute approximate surface area is 143 Å². The summed E-state index contributed by atoms with van der Waals surface area (Å²) < 4.78 is 0. The molecule has 4 amide bonds. The number of carbonyl (C=O) groups excluding carboxylic acids is 3. The van der Waals surface area contributed by atoms with E-state index in [0.717, 1.165) is 4.90 Å². The molecule has 3 rings (SSSR count). The maximum absolute atomic E-state index is 12.2. The van der Waals surface area contributed by atoms with Gasteiger partial charge in [0, 0.05) is 13.1 Å². The Hall–Kier alpha value is -2.86. The summed E-state index contributed by atoms with van der Waals surface area (Å²) >= 11 is 5.96. The minimum Gasteiger partial charge on any atom is -0.336 e. The van der Waals surface area contributed by atoms with Crippen LogP contribution in [0.1, 0.15) is 20.7 Å². The quantitative estimate of drug-likeness (QED) is 0.838. The number of urea groups is 1. The van der Waals surface area contributed by atoms with Crippen LogP contribution in [0.3, 0.4) is 0 Å². The fraction of sp³-hybridized carbons (Fsp3) is 0.118. The van der Waals surface area contributed by atoms with E-state index >= 15 is 0 Å². The zero-order valence-electron chi connectivity index (χ0n) is 12.6. The number of rotatable bonds is 4. The van der Waals surface area contributed by atoms with Crippen molar-refractivity contribution in [2.45, 2.75) is 0 Å². The molecule has 0 unspecified atom stereocenters. The van der Waals surface area contributed by atoms with Gasteiger partial charge in [0.15, 0.2) is 0 Å². The molecule has 7 heteroatoms. The molecule has 24 heavy (non-hydrogen) atoms. The van der Waals surface area contributed by atoms with Crippen LogP contribution in [0, 0.1) is 0 Å². The lowest BCUT2D eigenvalue weighted by atomic mass is 10.1.